The molecule has 11 nitrogen and oxygen atoms in total. The van der Waals surface area contributed by atoms with Gasteiger partial charge in [0.15, 0.2) is 31.1 Å². The number of carbonyl (C=O) groups excluding carboxylic acids is 2. The minimum atomic E-state index is -2.11. The molecule has 2 aliphatic heterocycles. The van der Waals surface area contributed by atoms with Gasteiger partial charge < -0.3 is 42.4 Å². The summed E-state index contributed by atoms with van der Waals surface area (Å²) in [6.45, 7) is 34.3. The molecule has 0 spiro atoms. The molecule has 0 radical (unpaired) electrons. The zero-order valence-corrected chi connectivity index (χ0v) is 48.4. The monoisotopic (exact) mass is 981 g/mol. The smallest absolute Gasteiger partial charge is 0.410 e. The number of nitrogens with one attached hydrogen (secondary N) is 1. The molecule has 66 heavy (non-hydrogen) atoms. The lowest BCUT2D eigenvalue weighted by Crippen LogP contribution is -2.47. The van der Waals surface area contributed by atoms with E-state index in [1.54, 1.807) is 19.1 Å². The first-order valence-corrected chi connectivity index (χ1v) is 33.8. The van der Waals surface area contributed by atoms with Gasteiger partial charge in [-0.05, 0) is 113 Å². The summed E-state index contributed by atoms with van der Waals surface area (Å²) in [6.07, 6.45) is 11.6. The Bertz CT molecular complexity index is 1510. The summed E-state index contributed by atoms with van der Waals surface area (Å²) in [5.74, 6) is -0.246. The van der Waals surface area contributed by atoms with Crippen molar-refractivity contribution in [2.75, 3.05) is 34.3 Å². The molecule has 1 saturated heterocycles. The zero-order valence-electron chi connectivity index (χ0n) is 45.4. The van der Waals surface area contributed by atoms with E-state index in [0.717, 1.165) is 72.8 Å². The van der Waals surface area contributed by atoms with E-state index in [9.17, 15) is 9.59 Å². The summed E-state index contributed by atoms with van der Waals surface area (Å²) in [5, 5.41) is 3.10. The molecule has 1 amide bonds. The van der Waals surface area contributed by atoms with E-state index in [4.69, 9.17) is 32.2 Å². The number of allylic oxidation sites excluding steroid dienone is 2. The average Bonchev–Trinajstić information content (AvgIpc) is 4.09. The van der Waals surface area contributed by atoms with Gasteiger partial charge in [-0.3, -0.25) is 4.79 Å². The van der Waals surface area contributed by atoms with Crippen LogP contribution in [0, 0.1) is 11.8 Å². The van der Waals surface area contributed by atoms with E-state index in [1.165, 1.54) is 0 Å². The van der Waals surface area contributed by atoms with Crippen LogP contribution in [0.1, 0.15) is 136 Å². The van der Waals surface area contributed by atoms with E-state index < -0.39 is 54.5 Å². The molecule has 10 atom stereocenters. The number of epoxide rings is 1. The quantitative estimate of drug-likeness (QED) is 0.0267. The molecule has 0 aromatic heterocycles. The number of hydrogen-bond acceptors (Lipinski definition) is 10. The Morgan fingerprint density at radius 1 is 0.955 bits per heavy atom. The Balaban J connectivity index is 2.62. The van der Waals surface area contributed by atoms with Crippen LogP contribution >= 0.6 is 0 Å². The molecule has 0 bridgehead atoms. The van der Waals surface area contributed by atoms with Gasteiger partial charge in [-0.1, -0.05) is 107 Å². The van der Waals surface area contributed by atoms with Gasteiger partial charge in [-0.2, -0.15) is 0 Å². The van der Waals surface area contributed by atoms with Gasteiger partial charge in [-0.25, -0.2) is 4.79 Å². The van der Waals surface area contributed by atoms with Crippen LogP contribution in [0.3, 0.4) is 0 Å². The first-order valence-electron chi connectivity index (χ1n) is 26.3. The molecule has 2 rings (SSSR count). The van der Waals surface area contributed by atoms with Crippen LogP contribution in [0.5, 0.6) is 0 Å². The number of hydrogen-bond donors (Lipinski definition) is 1. The second kappa shape index (κ2) is 28.3. The molecule has 0 aromatic carbocycles. The summed E-state index contributed by atoms with van der Waals surface area (Å²) in [4.78, 5) is 29.2. The summed E-state index contributed by atoms with van der Waals surface area (Å²) in [6, 6.07) is 9.44. The van der Waals surface area contributed by atoms with Crippen molar-refractivity contribution in [2.24, 2.45) is 11.8 Å². The first-order chi connectivity index (χ1) is 31.2. The minimum Gasteiger partial charge on any atom is -0.457 e. The van der Waals surface area contributed by atoms with Crippen LogP contribution < -0.4 is 5.32 Å². The second-order valence-electron chi connectivity index (χ2n) is 20.2. The fraction of sp³-hybridized carbons (Fsp3) is 0.846. The normalized spacial score (nSPS) is 27.3. The molecule has 0 aliphatic carbocycles. The van der Waals surface area contributed by atoms with Crippen molar-refractivity contribution < 1.29 is 41.8 Å². The van der Waals surface area contributed by atoms with Gasteiger partial charge in [-0.15, -0.1) is 0 Å². The van der Waals surface area contributed by atoms with Gasteiger partial charge in [0.2, 0.25) is 0 Å². The first kappa shape index (κ1) is 60.5. The molecule has 2 heterocycles. The summed E-state index contributed by atoms with van der Waals surface area (Å²) >= 11 is 0. The van der Waals surface area contributed by atoms with Crippen LogP contribution in [0.4, 0.5) is 4.79 Å². The Morgan fingerprint density at radius 2 is 1.53 bits per heavy atom. The molecule has 14 heteroatoms. The van der Waals surface area contributed by atoms with Crippen molar-refractivity contribution in [1.29, 1.82) is 0 Å². The van der Waals surface area contributed by atoms with Crippen molar-refractivity contribution in [1.82, 2.24) is 10.2 Å². The standard InChI is InChI=1S/C52H100N2O9Si3/c1-19-44(62-65(23-5,24-6)25-7)42(13)49-45(58-49)39-51(14,63-66(26-8,27-9)28-10)34-29-30-40(11)48-41(12)31-32-46(59-50(56)54(17)37-36-53-16)52(15,57-18)35-33-43(38-47(55)60-48)61-64(20-2,21-3)22-4/h29-32,34,41-46,48-49,53H,19-28,33,35-39H2,1-18H3/b32-31+,34-29+,40-30+/t41-,42+,43+,44-,45+,46-,48+,49+,51-,52+/m0/s1. The average molecular weight is 982 g/mol. The molecule has 0 unspecified atom stereocenters. The van der Waals surface area contributed by atoms with E-state index in [2.05, 4.69) is 107 Å². The highest BCUT2D eigenvalue weighted by molar-refractivity contribution is 6.74. The summed E-state index contributed by atoms with van der Waals surface area (Å²) in [7, 11) is -0.657. The predicted molar refractivity (Wildman–Crippen MR) is 281 cm³/mol. The lowest BCUT2D eigenvalue weighted by Gasteiger charge is -2.39. The largest absolute Gasteiger partial charge is 0.457 e. The van der Waals surface area contributed by atoms with Crippen molar-refractivity contribution in [3.05, 3.63) is 36.0 Å². The number of cyclic esters (lactones) is 1. The molecule has 0 saturated carbocycles. The topological polar surface area (TPSA) is 117 Å². The number of amides is 1. The van der Waals surface area contributed by atoms with Crippen LogP contribution in [0.25, 0.3) is 0 Å². The maximum Gasteiger partial charge on any atom is 0.410 e. The van der Waals surface area contributed by atoms with E-state index >= 15 is 0 Å². The highest BCUT2D eigenvalue weighted by Gasteiger charge is 2.51. The third-order valence-electron chi connectivity index (χ3n) is 16.0. The number of esters is 1. The maximum absolute atomic E-state index is 14.1. The Morgan fingerprint density at radius 3 is 2.05 bits per heavy atom. The van der Waals surface area contributed by atoms with Crippen LogP contribution in [-0.2, 0) is 37.0 Å². The van der Waals surface area contributed by atoms with Crippen molar-refractivity contribution in [3.63, 3.8) is 0 Å². The second-order valence-corrected chi connectivity index (χ2v) is 34.3. The Labute approximate surface area is 407 Å². The number of nitrogens with zero attached hydrogens (tertiary/aromatic N) is 1. The van der Waals surface area contributed by atoms with Crippen molar-refractivity contribution in [3.8, 4) is 0 Å². The Hall–Kier alpha value is -1.63. The van der Waals surface area contributed by atoms with Gasteiger partial charge in [0.05, 0.1) is 30.3 Å². The number of carbonyl (C=O) groups is 2. The fourth-order valence-electron chi connectivity index (χ4n) is 10.0. The number of rotatable bonds is 28. The zero-order chi connectivity index (χ0) is 49.9. The van der Waals surface area contributed by atoms with Gasteiger partial charge in [0.25, 0.3) is 0 Å². The number of ether oxygens (including phenoxy) is 4. The van der Waals surface area contributed by atoms with Gasteiger partial charge in [0.1, 0.15) is 11.7 Å². The van der Waals surface area contributed by atoms with Gasteiger partial charge >= 0.3 is 12.1 Å². The number of methoxy groups -OCH3 is 1. The molecule has 0 aromatic rings. The minimum absolute atomic E-state index is 0.0843. The lowest BCUT2D eigenvalue weighted by molar-refractivity contribution is -0.151. The maximum atomic E-state index is 14.1. The van der Waals surface area contributed by atoms with Crippen LogP contribution in [0.15, 0.2) is 36.0 Å². The third-order valence-corrected chi connectivity index (χ3v) is 30.2. The van der Waals surface area contributed by atoms with E-state index in [-0.39, 0.29) is 42.7 Å². The van der Waals surface area contributed by atoms with E-state index in [1.807, 2.05) is 40.0 Å². The number of likely N-dealkylation sites (N-methyl/N-ethyl adjacent to an activating group) is 2. The molecular weight excluding hydrogens is 881 g/mol. The molecule has 1 N–H and O–H groups in total. The van der Waals surface area contributed by atoms with Crippen LogP contribution in [-0.4, -0.2) is 124 Å². The van der Waals surface area contributed by atoms with Gasteiger partial charge in [0, 0.05) is 51.6 Å². The van der Waals surface area contributed by atoms with Crippen molar-refractivity contribution in [2.45, 2.75) is 238 Å². The lowest BCUT2D eigenvalue weighted by atomic mass is 9.88. The summed E-state index contributed by atoms with van der Waals surface area (Å²) < 4.78 is 47.0. The highest BCUT2D eigenvalue weighted by Crippen LogP contribution is 2.43. The Kier molecular flexibility index (Phi) is 25.9. The predicted octanol–water partition coefficient (Wildman–Crippen LogP) is 12.6. The molecule has 1 fully saturated rings. The third kappa shape index (κ3) is 17.1. The van der Waals surface area contributed by atoms with E-state index in [0.29, 0.717) is 31.8 Å². The fourth-order valence-corrected chi connectivity index (χ4v) is 19.1. The molecule has 384 valence electrons. The van der Waals surface area contributed by atoms with Crippen molar-refractivity contribution >= 4 is 37.0 Å². The molecular formula is C52H100N2O9Si3. The highest BCUT2D eigenvalue weighted by atomic mass is 28.4. The SMILES string of the molecule is CC[C@H](O[Si](CC)(CC)CC)[C@@H](C)[C@H]1O[C@@H]1C[C@](C)(/C=C/C=C(\C)[C@H]1OC(=O)C[C@H](O[Si](CC)(CC)CC)CC[C@@](C)(OC)[C@@H](OC(=O)N(C)CCNC)/C=C/[C@@H]1C)O[Si](CC)(CC)CC. The van der Waals surface area contributed by atoms with Crippen LogP contribution in [0.2, 0.25) is 54.4 Å². The summed E-state index contributed by atoms with van der Waals surface area (Å²) in [5.41, 5.74) is -0.534. The molecule has 2 aliphatic rings.